The standard InChI is InChI=1S/C14H19BClFO3/c1-6-18-10-8-7-9(17)11(12(10)16)15-19-13(2,3)14(4,5)20-15/h7-8H,6H2,1-5H3. The van der Waals surface area contributed by atoms with Gasteiger partial charge >= 0.3 is 7.12 Å². The molecule has 1 saturated heterocycles. The molecule has 6 heteroatoms. The van der Waals surface area contributed by atoms with Crippen molar-refractivity contribution in [1.29, 1.82) is 0 Å². The third-order valence-electron chi connectivity index (χ3n) is 3.88. The summed E-state index contributed by atoms with van der Waals surface area (Å²) in [4.78, 5) is 0. The maximum absolute atomic E-state index is 14.1. The molecule has 3 nitrogen and oxygen atoms in total. The van der Waals surface area contributed by atoms with E-state index in [-0.39, 0.29) is 10.5 Å². The summed E-state index contributed by atoms with van der Waals surface area (Å²) < 4.78 is 31.2. The molecule has 1 aliphatic heterocycles. The summed E-state index contributed by atoms with van der Waals surface area (Å²) in [6, 6.07) is 2.83. The third-order valence-corrected chi connectivity index (χ3v) is 4.27. The third kappa shape index (κ3) is 2.54. The van der Waals surface area contributed by atoms with Gasteiger partial charge < -0.3 is 14.0 Å². The Balaban J connectivity index is 2.42. The predicted molar refractivity (Wildman–Crippen MR) is 78.3 cm³/mol. The van der Waals surface area contributed by atoms with Crippen molar-refractivity contribution in [2.45, 2.75) is 45.8 Å². The van der Waals surface area contributed by atoms with Crippen LogP contribution in [0.3, 0.4) is 0 Å². The van der Waals surface area contributed by atoms with Gasteiger partial charge in [0.2, 0.25) is 0 Å². The minimum Gasteiger partial charge on any atom is -0.492 e. The van der Waals surface area contributed by atoms with Gasteiger partial charge in [0.1, 0.15) is 11.6 Å². The first-order valence-corrected chi connectivity index (χ1v) is 7.03. The van der Waals surface area contributed by atoms with Crippen LogP contribution in [-0.4, -0.2) is 24.9 Å². The van der Waals surface area contributed by atoms with E-state index in [2.05, 4.69) is 0 Å². The Labute approximate surface area is 124 Å². The van der Waals surface area contributed by atoms with Gasteiger partial charge in [0.05, 0.1) is 22.8 Å². The molecule has 1 aromatic rings. The first-order chi connectivity index (χ1) is 9.19. The quantitative estimate of drug-likeness (QED) is 0.803. The molecule has 0 atom stereocenters. The van der Waals surface area contributed by atoms with E-state index < -0.39 is 24.1 Å². The SMILES string of the molecule is CCOc1ccc(F)c(B2OC(C)(C)C(C)(C)O2)c1Cl. The van der Waals surface area contributed by atoms with E-state index in [0.717, 1.165) is 0 Å². The summed E-state index contributed by atoms with van der Waals surface area (Å²) in [6.07, 6.45) is 0. The molecule has 0 N–H and O–H groups in total. The van der Waals surface area contributed by atoms with E-state index in [1.807, 2.05) is 34.6 Å². The lowest BCUT2D eigenvalue weighted by Crippen LogP contribution is -2.41. The Morgan fingerprint density at radius 2 is 1.75 bits per heavy atom. The van der Waals surface area contributed by atoms with Crippen LogP contribution in [0, 0.1) is 5.82 Å². The number of hydrogen-bond acceptors (Lipinski definition) is 3. The first kappa shape index (κ1) is 15.6. The van der Waals surface area contributed by atoms with Gasteiger partial charge in [-0.1, -0.05) is 11.6 Å². The van der Waals surface area contributed by atoms with E-state index >= 15 is 0 Å². The molecule has 0 spiro atoms. The molecule has 1 aromatic carbocycles. The van der Waals surface area contributed by atoms with Crippen LogP contribution in [0.2, 0.25) is 5.02 Å². The van der Waals surface area contributed by atoms with Crippen LogP contribution in [0.5, 0.6) is 5.75 Å². The molecule has 0 amide bonds. The van der Waals surface area contributed by atoms with Gasteiger partial charge in [-0.2, -0.15) is 0 Å². The monoisotopic (exact) mass is 300 g/mol. The summed E-state index contributed by atoms with van der Waals surface area (Å²) in [6.45, 7) is 9.93. The normalized spacial score (nSPS) is 20.2. The van der Waals surface area contributed by atoms with Crippen LogP contribution in [-0.2, 0) is 9.31 Å². The van der Waals surface area contributed by atoms with Crippen molar-refractivity contribution >= 4 is 24.2 Å². The predicted octanol–water partition coefficient (Wildman–Crippen LogP) is 3.18. The van der Waals surface area contributed by atoms with Gasteiger partial charge in [-0.25, -0.2) is 4.39 Å². The van der Waals surface area contributed by atoms with Gasteiger partial charge in [-0.3, -0.25) is 0 Å². The highest BCUT2D eigenvalue weighted by atomic mass is 35.5. The molecular formula is C14H19BClFO3. The van der Waals surface area contributed by atoms with Crippen molar-refractivity contribution in [3.05, 3.63) is 23.0 Å². The van der Waals surface area contributed by atoms with Crippen molar-refractivity contribution in [3.63, 3.8) is 0 Å². The number of halogens is 2. The molecule has 1 fully saturated rings. The van der Waals surface area contributed by atoms with Crippen molar-refractivity contribution in [3.8, 4) is 5.75 Å². The van der Waals surface area contributed by atoms with Gasteiger partial charge in [-0.05, 0) is 46.8 Å². The van der Waals surface area contributed by atoms with E-state index in [1.54, 1.807) is 0 Å². The lowest BCUT2D eigenvalue weighted by atomic mass is 9.78. The van der Waals surface area contributed by atoms with Crippen LogP contribution < -0.4 is 10.2 Å². The average Bonchev–Trinajstić information content (AvgIpc) is 2.52. The highest BCUT2D eigenvalue weighted by molar-refractivity contribution is 6.66. The Morgan fingerprint density at radius 1 is 1.20 bits per heavy atom. The second-order valence-corrected chi connectivity index (χ2v) is 6.17. The Hall–Kier alpha value is -0.775. The number of ether oxygens (including phenoxy) is 1. The minimum atomic E-state index is -0.840. The topological polar surface area (TPSA) is 27.7 Å². The highest BCUT2D eigenvalue weighted by Gasteiger charge is 2.53. The molecule has 0 bridgehead atoms. The zero-order valence-corrected chi connectivity index (χ0v) is 13.2. The fraction of sp³-hybridized carbons (Fsp3) is 0.571. The number of benzene rings is 1. The summed E-state index contributed by atoms with van der Waals surface area (Å²) in [5.74, 6) is -0.0303. The second-order valence-electron chi connectivity index (χ2n) is 5.79. The van der Waals surface area contributed by atoms with Crippen LogP contribution in [0.15, 0.2) is 12.1 Å². The first-order valence-electron chi connectivity index (χ1n) is 6.66. The Kier molecular flexibility index (Phi) is 4.06. The maximum atomic E-state index is 14.1. The van der Waals surface area contributed by atoms with Crippen LogP contribution in [0.4, 0.5) is 4.39 Å². The van der Waals surface area contributed by atoms with Crippen molar-refractivity contribution in [2.75, 3.05) is 6.61 Å². The van der Waals surface area contributed by atoms with Crippen molar-refractivity contribution in [2.24, 2.45) is 0 Å². The van der Waals surface area contributed by atoms with E-state index in [9.17, 15) is 4.39 Å². The number of rotatable bonds is 3. The molecule has 110 valence electrons. The molecule has 0 aromatic heterocycles. The highest BCUT2D eigenvalue weighted by Crippen LogP contribution is 2.38. The van der Waals surface area contributed by atoms with Crippen molar-refractivity contribution < 1.29 is 18.4 Å². The van der Waals surface area contributed by atoms with Gasteiger partial charge in [0.15, 0.2) is 0 Å². The van der Waals surface area contributed by atoms with E-state index in [0.29, 0.717) is 12.4 Å². The largest absolute Gasteiger partial charge is 0.499 e. The number of hydrogen-bond donors (Lipinski definition) is 0. The van der Waals surface area contributed by atoms with E-state index in [1.165, 1.54) is 12.1 Å². The fourth-order valence-electron chi connectivity index (χ4n) is 1.99. The zero-order chi connectivity index (χ0) is 15.1. The molecule has 0 aliphatic carbocycles. The molecule has 1 aliphatic rings. The molecule has 20 heavy (non-hydrogen) atoms. The molecular weight excluding hydrogens is 281 g/mol. The summed E-state index contributed by atoms with van der Waals surface area (Å²) in [7, 11) is -0.840. The molecule has 1 heterocycles. The molecule has 0 unspecified atom stereocenters. The smallest absolute Gasteiger partial charge is 0.492 e. The summed E-state index contributed by atoms with van der Waals surface area (Å²) in [5, 5.41) is 0.199. The Morgan fingerprint density at radius 3 is 2.25 bits per heavy atom. The van der Waals surface area contributed by atoms with Crippen LogP contribution in [0.25, 0.3) is 0 Å². The Bertz CT molecular complexity index is 503. The van der Waals surface area contributed by atoms with Crippen LogP contribution in [0.1, 0.15) is 34.6 Å². The zero-order valence-electron chi connectivity index (χ0n) is 12.4. The fourth-order valence-corrected chi connectivity index (χ4v) is 2.29. The second kappa shape index (κ2) is 5.21. The lowest BCUT2D eigenvalue weighted by Gasteiger charge is -2.32. The average molecular weight is 301 g/mol. The van der Waals surface area contributed by atoms with Gasteiger partial charge in [-0.15, -0.1) is 0 Å². The lowest BCUT2D eigenvalue weighted by molar-refractivity contribution is 0.00578. The van der Waals surface area contributed by atoms with Gasteiger partial charge in [0, 0.05) is 5.46 Å². The molecule has 2 rings (SSSR count). The summed E-state index contributed by atoms with van der Waals surface area (Å²) >= 11 is 6.23. The molecule has 0 saturated carbocycles. The summed E-state index contributed by atoms with van der Waals surface area (Å²) in [5.41, 5.74) is -0.902. The molecule has 0 radical (unpaired) electrons. The van der Waals surface area contributed by atoms with Crippen LogP contribution >= 0.6 is 11.6 Å². The van der Waals surface area contributed by atoms with Crippen molar-refractivity contribution in [1.82, 2.24) is 0 Å². The van der Waals surface area contributed by atoms with E-state index in [4.69, 9.17) is 25.6 Å². The maximum Gasteiger partial charge on any atom is 0.499 e. The van der Waals surface area contributed by atoms with Gasteiger partial charge in [0.25, 0.3) is 0 Å². The minimum absolute atomic E-state index is 0.191.